The van der Waals surface area contributed by atoms with Crippen LogP contribution in [0.4, 0.5) is 10.1 Å². The largest absolute Gasteiger partial charge is 0.371 e. The van der Waals surface area contributed by atoms with Crippen LogP contribution < -0.4 is 10.2 Å². The third-order valence-electron chi connectivity index (χ3n) is 5.40. The van der Waals surface area contributed by atoms with Crippen LogP contribution in [0.1, 0.15) is 12.0 Å². The SMILES string of the molecule is Cn1cc(CC(=O)NCC2CCN(c3ccc(F)cc3)C2)c2ccccc21. The fourth-order valence-electron chi connectivity index (χ4n) is 3.95. The number of benzene rings is 2. The Morgan fingerprint density at radius 2 is 1.96 bits per heavy atom. The lowest BCUT2D eigenvalue weighted by Gasteiger charge is -2.18. The molecule has 1 amide bonds. The number of fused-ring (bicyclic) bond motifs is 1. The number of carbonyl (C=O) groups excluding carboxylic acids is 1. The van der Waals surface area contributed by atoms with Gasteiger partial charge < -0.3 is 14.8 Å². The molecule has 2 aromatic carbocycles. The maximum atomic E-state index is 13.1. The van der Waals surface area contributed by atoms with Gasteiger partial charge in [0.25, 0.3) is 0 Å². The van der Waals surface area contributed by atoms with E-state index in [9.17, 15) is 9.18 Å². The van der Waals surface area contributed by atoms with Gasteiger partial charge in [-0.25, -0.2) is 4.39 Å². The zero-order chi connectivity index (χ0) is 18.8. The van der Waals surface area contributed by atoms with Crippen molar-refractivity contribution in [3.05, 3.63) is 66.1 Å². The van der Waals surface area contributed by atoms with Gasteiger partial charge in [0.1, 0.15) is 5.82 Å². The van der Waals surface area contributed by atoms with E-state index < -0.39 is 0 Å². The first-order valence-corrected chi connectivity index (χ1v) is 9.40. The number of carbonyl (C=O) groups is 1. The molecule has 27 heavy (non-hydrogen) atoms. The molecule has 4 nitrogen and oxygen atoms in total. The summed E-state index contributed by atoms with van der Waals surface area (Å²) in [5.74, 6) is 0.272. The summed E-state index contributed by atoms with van der Waals surface area (Å²) in [6, 6.07) is 14.8. The number of rotatable bonds is 5. The van der Waals surface area contributed by atoms with Crippen LogP contribution in [0.25, 0.3) is 10.9 Å². The molecule has 1 saturated heterocycles. The second-order valence-corrected chi connectivity index (χ2v) is 7.34. The van der Waals surface area contributed by atoms with Gasteiger partial charge in [-0.3, -0.25) is 4.79 Å². The highest BCUT2D eigenvalue weighted by atomic mass is 19.1. The molecule has 1 fully saturated rings. The second-order valence-electron chi connectivity index (χ2n) is 7.34. The minimum absolute atomic E-state index is 0.0617. The summed E-state index contributed by atoms with van der Waals surface area (Å²) >= 11 is 0. The number of nitrogens with one attached hydrogen (secondary N) is 1. The molecular formula is C22H24FN3O. The Bertz CT molecular complexity index is 948. The Hall–Kier alpha value is -2.82. The van der Waals surface area contributed by atoms with Gasteiger partial charge in [-0.1, -0.05) is 18.2 Å². The van der Waals surface area contributed by atoms with Crippen molar-refractivity contribution in [2.45, 2.75) is 12.8 Å². The number of halogens is 1. The summed E-state index contributed by atoms with van der Waals surface area (Å²) in [6.45, 7) is 2.51. The van der Waals surface area contributed by atoms with Gasteiger partial charge in [-0.05, 0) is 48.2 Å². The van der Waals surface area contributed by atoms with Crippen molar-refractivity contribution in [3.8, 4) is 0 Å². The molecule has 5 heteroatoms. The Balaban J connectivity index is 1.31. The van der Waals surface area contributed by atoms with Gasteiger partial charge in [-0.15, -0.1) is 0 Å². The monoisotopic (exact) mass is 365 g/mol. The lowest BCUT2D eigenvalue weighted by Crippen LogP contribution is -2.32. The molecule has 0 spiro atoms. The van der Waals surface area contributed by atoms with E-state index >= 15 is 0 Å². The smallest absolute Gasteiger partial charge is 0.224 e. The average Bonchev–Trinajstić information content (AvgIpc) is 3.26. The van der Waals surface area contributed by atoms with Crippen molar-refractivity contribution in [1.82, 2.24) is 9.88 Å². The van der Waals surface area contributed by atoms with Crippen LogP contribution in [0.3, 0.4) is 0 Å². The van der Waals surface area contributed by atoms with Crippen LogP contribution >= 0.6 is 0 Å². The molecule has 0 radical (unpaired) electrons. The number of para-hydroxylation sites is 1. The van der Waals surface area contributed by atoms with E-state index in [1.165, 1.54) is 12.1 Å². The van der Waals surface area contributed by atoms with Gasteiger partial charge in [0.05, 0.1) is 6.42 Å². The van der Waals surface area contributed by atoms with E-state index in [0.717, 1.165) is 41.7 Å². The van der Waals surface area contributed by atoms with E-state index in [0.29, 0.717) is 18.9 Å². The molecule has 1 atom stereocenters. The first kappa shape index (κ1) is 17.6. The first-order chi connectivity index (χ1) is 13.1. The predicted molar refractivity (Wildman–Crippen MR) is 106 cm³/mol. The Labute approximate surface area is 158 Å². The van der Waals surface area contributed by atoms with E-state index in [1.807, 2.05) is 37.5 Å². The normalized spacial score (nSPS) is 16.8. The van der Waals surface area contributed by atoms with E-state index in [4.69, 9.17) is 0 Å². The number of amides is 1. The van der Waals surface area contributed by atoms with Crippen LogP contribution in [0, 0.1) is 11.7 Å². The van der Waals surface area contributed by atoms with Crippen molar-refractivity contribution in [2.75, 3.05) is 24.5 Å². The van der Waals surface area contributed by atoms with Crippen LogP contribution in [-0.4, -0.2) is 30.1 Å². The highest BCUT2D eigenvalue weighted by molar-refractivity contribution is 5.89. The minimum Gasteiger partial charge on any atom is -0.371 e. The summed E-state index contributed by atoms with van der Waals surface area (Å²) in [7, 11) is 2.01. The van der Waals surface area contributed by atoms with E-state index in [1.54, 1.807) is 0 Å². The zero-order valence-corrected chi connectivity index (χ0v) is 15.5. The number of anilines is 1. The molecular weight excluding hydrogens is 341 g/mol. The third kappa shape index (κ3) is 3.82. The van der Waals surface area contributed by atoms with Gasteiger partial charge in [-0.2, -0.15) is 0 Å². The average molecular weight is 365 g/mol. The zero-order valence-electron chi connectivity index (χ0n) is 15.5. The highest BCUT2D eigenvalue weighted by Gasteiger charge is 2.23. The number of aryl methyl sites for hydroxylation is 1. The fraction of sp³-hybridized carbons (Fsp3) is 0.318. The molecule has 4 rings (SSSR count). The standard InChI is InChI=1S/C22H24FN3O/c1-25-15-17(20-4-2-3-5-21(20)25)12-22(27)24-13-16-10-11-26(14-16)19-8-6-18(23)7-9-19/h2-9,15-16H,10-14H2,1H3,(H,24,27). The fourth-order valence-corrected chi connectivity index (χ4v) is 3.95. The second kappa shape index (κ2) is 7.43. The number of aromatic nitrogens is 1. The molecule has 0 aliphatic carbocycles. The number of nitrogens with zero attached hydrogens (tertiary/aromatic N) is 2. The lowest BCUT2D eigenvalue weighted by atomic mass is 10.1. The van der Waals surface area contributed by atoms with E-state index in [2.05, 4.69) is 26.9 Å². The van der Waals surface area contributed by atoms with Crippen molar-refractivity contribution < 1.29 is 9.18 Å². The van der Waals surface area contributed by atoms with E-state index in [-0.39, 0.29) is 11.7 Å². The molecule has 1 aliphatic heterocycles. The quantitative estimate of drug-likeness (QED) is 0.751. The van der Waals surface area contributed by atoms with Crippen molar-refractivity contribution >= 4 is 22.5 Å². The Kier molecular flexibility index (Phi) is 4.84. The molecule has 2 heterocycles. The first-order valence-electron chi connectivity index (χ1n) is 9.40. The van der Waals surface area contributed by atoms with Gasteiger partial charge >= 0.3 is 0 Å². The van der Waals surface area contributed by atoms with Crippen molar-refractivity contribution in [3.63, 3.8) is 0 Å². The number of hydrogen-bond donors (Lipinski definition) is 1. The Morgan fingerprint density at radius 1 is 1.19 bits per heavy atom. The minimum atomic E-state index is -0.213. The van der Waals surface area contributed by atoms with Gasteiger partial charge in [0, 0.05) is 49.5 Å². The summed E-state index contributed by atoms with van der Waals surface area (Å²) in [6.07, 6.45) is 3.47. The summed E-state index contributed by atoms with van der Waals surface area (Å²) < 4.78 is 15.1. The van der Waals surface area contributed by atoms with Crippen LogP contribution in [0.2, 0.25) is 0 Å². The predicted octanol–water partition coefficient (Wildman–Crippen LogP) is 3.50. The molecule has 0 saturated carbocycles. The van der Waals surface area contributed by atoms with Crippen molar-refractivity contribution in [1.29, 1.82) is 0 Å². The van der Waals surface area contributed by atoms with Gasteiger partial charge in [0.15, 0.2) is 0 Å². The van der Waals surface area contributed by atoms with Crippen LogP contribution in [0.15, 0.2) is 54.7 Å². The molecule has 3 aromatic rings. The maximum Gasteiger partial charge on any atom is 0.224 e. The molecule has 1 N–H and O–H groups in total. The number of hydrogen-bond acceptors (Lipinski definition) is 2. The van der Waals surface area contributed by atoms with Crippen molar-refractivity contribution in [2.24, 2.45) is 13.0 Å². The third-order valence-corrected chi connectivity index (χ3v) is 5.40. The molecule has 1 aromatic heterocycles. The molecule has 1 unspecified atom stereocenters. The molecule has 140 valence electrons. The summed E-state index contributed by atoms with van der Waals surface area (Å²) in [5, 5.41) is 4.23. The summed E-state index contributed by atoms with van der Waals surface area (Å²) in [4.78, 5) is 14.7. The topological polar surface area (TPSA) is 37.3 Å². The highest BCUT2D eigenvalue weighted by Crippen LogP contribution is 2.24. The van der Waals surface area contributed by atoms with Gasteiger partial charge in [0.2, 0.25) is 5.91 Å². The van der Waals surface area contributed by atoms with Crippen LogP contribution in [-0.2, 0) is 18.3 Å². The maximum absolute atomic E-state index is 13.1. The molecule has 1 aliphatic rings. The molecule has 0 bridgehead atoms. The lowest BCUT2D eigenvalue weighted by molar-refractivity contribution is -0.120. The summed E-state index contributed by atoms with van der Waals surface area (Å²) in [5.41, 5.74) is 3.25. The van der Waals surface area contributed by atoms with Crippen LogP contribution in [0.5, 0.6) is 0 Å². The Morgan fingerprint density at radius 3 is 2.78 bits per heavy atom.